The maximum absolute atomic E-state index is 11.6. The van der Waals surface area contributed by atoms with Gasteiger partial charge in [-0.2, -0.15) is 0 Å². The average molecular weight is 253 g/mol. The number of nitrogens with one attached hydrogen (secondary N) is 2. The molecule has 8 heteroatoms. The summed E-state index contributed by atoms with van der Waals surface area (Å²) in [6.45, 7) is 1.42. The second-order valence-corrected chi connectivity index (χ2v) is 3.44. The Morgan fingerprint density at radius 3 is 2.61 bits per heavy atom. The van der Waals surface area contributed by atoms with Gasteiger partial charge in [0.2, 0.25) is 0 Å². The van der Waals surface area contributed by atoms with Crippen molar-refractivity contribution in [3.8, 4) is 0 Å². The van der Waals surface area contributed by atoms with Crippen molar-refractivity contribution < 1.29 is 15.1 Å². The van der Waals surface area contributed by atoms with Gasteiger partial charge in [-0.3, -0.25) is 4.79 Å². The van der Waals surface area contributed by atoms with Crippen LogP contribution in [0.3, 0.4) is 0 Å². The van der Waals surface area contributed by atoms with Crippen LogP contribution in [0.5, 0.6) is 0 Å². The molecular formula is C10H15N5O3. The van der Waals surface area contributed by atoms with E-state index in [1.807, 2.05) is 0 Å². The average Bonchev–Trinajstić information content (AvgIpc) is 2.38. The second-order valence-electron chi connectivity index (χ2n) is 3.44. The number of aliphatic hydroxyl groups excluding tert-OH is 1. The number of carbonyl (C=O) groups is 1. The Hall–Kier alpha value is -2.22. The lowest BCUT2D eigenvalue weighted by molar-refractivity contribution is 0.0958. The molecule has 0 spiro atoms. The molecule has 0 aliphatic carbocycles. The number of nitrogens with zero attached hydrogens (tertiary/aromatic N) is 3. The summed E-state index contributed by atoms with van der Waals surface area (Å²) >= 11 is 0. The van der Waals surface area contributed by atoms with Crippen LogP contribution in [0.15, 0.2) is 11.4 Å². The van der Waals surface area contributed by atoms with E-state index < -0.39 is 12.0 Å². The summed E-state index contributed by atoms with van der Waals surface area (Å²) < 4.78 is 0. The molecule has 0 aromatic carbocycles. The number of oxime groups is 1. The second kappa shape index (κ2) is 5.92. The van der Waals surface area contributed by atoms with E-state index in [1.165, 1.54) is 20.2 Å². The Morgan fingerprint density at radius 1 is 1.50 bits per heavy atom. The van der Waals surface area contributed by atoms with Crippen molar-refractivity contribution >= 4 is 17.4 Å². The predicted molar refractivity (Wildman–Crippen MR) is 65.0 cm³/mol. The van der Waals surface area contributed by atoms with Gasteiger partial charge in [0.15, 0.2) is 11.5 Å². The zero-order chi connectivity index (χ0) is 13.7. The third-order valence-corrected chi connectivity index (χ3v) is 2.22. The summed E-state index contributed by atoms with van der Waals surface area (Å²) in [5.74, 6) is -0.141. The molecule has 1 aromatic rings. The van der Waals surface area contributed by atoms with E-state index in [9.17, 15) is 9.90 Å². The van der Waals surface area contributed by atoms with E-state index >= 15 is 0 Å². The van der Waals surface area contributed by atoms with Crippen molar-refractivity contribution in [2.24, 2.45) is 5.16 Å². The molecule has 0 aliphatic rings. The normalized spacial score (nSPS) is 13.0. The van der Waals surface area contributed by atoms with Crippen LogP contribution in [-0.4, -0.2) is 52.1 Å². The van der Waals surface area contributed by atoms with Crippen molar-refractivity contribution in [3.05, 3.63) is 17.6 Å². The van der Waals surface area contributed by atoms with Crippen molar-refractivity contribution in [1.82, 2.24) is 15.3 Å². The molecule has 98 valence electrons. The summed E-state index contributed by atoms with van der Waals surface area (Å²) in [6, 6.07) is 0. The number of carbonyl (C=O) groups excluding carboxylic acids is 1. The van der Waals surface area contributed by atoms with Crippen LogP contribution < -0.4 is 10.6 Å². The van der Waals surface area contributed by atoms with Gasteiger partial charge in [0.25, 0.3) is 5.91 Å². The Bertz CT molecular complexity index is 473. The quantitative estimate of drug-likeness (QED) is 0.324. The van der Waals surface area contributed by atoms with Gasteiger partial charge in [0, 0.05) is 14.1 Å². The standard InChI is InChI=1S/C10H15N5O3/c1-5(16)7(15-18)6-4-13-9(11-2)8(14-6)10(17)12-3/h4-5,16,18H,1-3H3,(H,11,13)(H,12,17)/b15-7+. The Balaban J connectivity index is 3.30. The van der Waals surface area contributed by atoms with E-state index in [1.54, 1.807) is 7.05 Å². The first-order chi connectivity index (χ1) is 8.54. The molecule has 18 heavy (non-hydrogen) atoms. The minimum atomic E-state index is -1.03. The lowest BCUT2D eigenvalue weighted by Crippen LogP contribution is -2.25. The zero-order valence-electron chi connectivity index (χ0n) is 10.3. The molecule has 1 unspecified atom stereocenters. The summed E-state index contributed by atoms with van der Waals surface area (Å²) in [6.07, 6.45) is 0.280. The molecular weight excluding hydrogens is 238 g/mol. The fourth-order valence-electron chi connectivity index (χ4n) is 1.32. The first-order valence-corrected chi connectivity index (χ1v) is 5.22. The van der Waals surface area contributed by atoms with Crippen molar-refractivity contribution in [2.45, 2.75) is 13.0 Å². The summed E-state index contributed by atoms with van der Waals surface area (Å²) in [4.78, 5) is 19.6. The first kappa shape index (κ1) is 13.8. The topological polar surface area (TPSA) is 120 Å². The molecule has 0 radical (unpaired) electrons. The minimum Gasteiger partial charge on any atom is -0.410 e. The number of anilines is 1. The van der Waals surface area contributed by atoms with E-state index in [0.717, 1.165) is 0 Å². The van der Waals surface area contributed by atoms with Crippen molar-refractivity contribution in [1.29, 1.82) is 0 Å². The van der Waals surface area contributed by atoms with Gasteiger partial charge in [-0.1, -0.05) is 5.16 Å². The molecule has 0 saturated carbocycles. The van der Waals surface area contributed by atoms with Gasteiger partial charge >= 0.3 is 0 Å². The van der Waals surface area contributed by atoms with Gasteiger partial charge < -0.3 is 20.9 Å². The highest BCUT2D eigenvalue weighted by Gasteiger charge is 2.18. The summed E-state index contributed by atoms with van der Waals surface area (Å²) in [5.41, 5.74) is 0.125. The smallest absolute Gasteiger partial charge is 0.273 e. The zero-order valence-corrected chi connectivity index (χ0v) is 10.3. The van der Waals surface area contributed by atoms with Crippen molar-refractivity contribution in [3.63, 3.8) is 0 Å². The van der Waals surface area contributed by atoms with Crippen LogP contribution in [0.2, 0.25) is 0 Å². The van der Waals surface area contributed by atoms with E-state index in [4.69, 9.17) is 5.21 Å². The predicted octanol–water partition coefficient (Wildman–Crippen LogP) is -0.563. The number of hydrogen-bond donors (Lipinski definition) is 4. The minimum absolute atomic E-state index is 0.0549. The van der Waals surface area contributed by atoms with E-state index in [0.29, 0.717) is 5.82 Å². The van der Waals surface area contributed by atoms with Crippen LogP contribution in [0.25, 0.3) is 0 Å². The van der Waals surface area contributed by atoms with E-state index in [2.05, 4.69) is 25.8 Å². The Kier molecular flexibility index (Phi) is 4.55. The molecule has 1 aromatic heterocycles. The lowest BCUT2D eigenvalue weighted by Gasteiger charge is -2.10. The van der Waals surface area contributed by atoms with Gasteiger partial charge in [-0.25, -0.2) is 9.97 Å². The van der Waals surface area contributed by atoms with Crippen molar-refractivity contribution in [2.75, 3.05) is 19.4 Å². The van der Waals surface area contributed by atoms with Crippen LogP contribution in [0.4, 0.5) is 5.82 Å². The number of aliphatic hydroxyl groups is 1. The molecule has 8 nitrogen and oxygen atoms in total. The number of aromatic nitrogens is 2. The maximum atomic E-state index is 11.6. The van der Waals surface area contributed by atoms with E-state index in [-0.39, 0.29) is 17.1 Å². The molecule has 0 aliphatic heterocycles. The number of amides is 1. The highest BCUT2D eigenvalue weighted by Crippen LogP contribution is 2.11. The fourth-order valence-corrected chi connectivity index (χ4v) is 1.32. The highest BCUT2D eigenvalue weighted by atomic mass is 16.4. The molecule has 0 saturated heterocycles. The third-order valence-electron chi connectivity index (χ3n) is 2.22. The molecule has 1 atom stereocenters. The third kappa shape index (κ3) is 2.72. The SMILES string of the molecule is CNC(=O)c1nc(/C(=N/O)C(C)O)cnc1NC. The monoisotopic (exact) mass is 253 g/mol. The van der Waals surface area contributed by atoms with Crippen LogP contribution >= 0.6 is 0 Å². The Labute approximate surface area is 104 Å². The number of rotatable bonds is 4. The van der Waals surface area contributed by atoms with Crippen LogP contribution in [-0.2, 0) is 0 Å². The van der Waals surface area contributed by atoms with Crippen LogP contribution in [0.1, 0.15) is 23.1 Å². The molecule has 1 amide bonds. The largest absolute Gasteiger partial charge is 0.410 e. The fraction of sp³-hybridized carbons (Fsp3) is 0.400. The summed E-state index contributed by atoms with van der Waals surface area (Å²) in [5, 5.41) is 26.3. The van der Waals surface area contributed by atoms with Gasteiger partial charge in [0.1, 0.15) is 11.4 Å². The molecule has 4 N–H and O–H groups in total. The molecule has 0 fully saturated rings. The first-order valence-electron chi connectivity index (χ1n) is 5.22. The van der Waals surface area contributed by atoms with Gasteiger partial charge in [0.05, 0.1) is 12.3 Å². The van der Waals surface area contributed by atoms with Crippen LogP contribution in [0, 0.1) is 0 Å². The lowest BCUT2D eigenvalue weighted by atomic mass is 10.2. The van der Waals surface area contributed by atoms with Gasteiger partial charge in [-0.05, 0) is 6.92 Å². The Morgan fingerprint density at radius 2 is 2.17 bits per heavy atom. The maximum Gasteiger partial charge on any atom is 0.273 e. The highest BCUT2D eigenvalue weighted by molar-refractivity contribution is 6.03. The molecule has 1 heterocycles. The van der Waals surface area contributed by atoms with Gasteiger partial charge in [-0.15, -0.1) is 0 Å². The molecule has 0 bridgehead atoms. The summed E-state index contributed by atoms with van der Waals surface area (Å²) in [7, 11) is 3.07. The molecule has 1 rings (SSSR count). The number of hydrogen-bond acceptors (Lipinski definition) is 7.